The van der Waals surface area contributed by atoms with Crippen LogP contribution in [0.1, 0.15) is 40.1 Å². The monoisotopic (exact) mass is 385 g/mol. The zero-order chi connectivity index (χ0) is 18.5. The lowest BCUT2D eigenvalue weighted by Crippen LogP contribution is -2.22. The molecule has 1 aromatic carbocycles. The quantitative estimate of drug-likeness (QED) is 0.518. The molecule has 132 valence electrons. The second-order valence-corrected chi connectivity index (χ2v) is 7.44. The Morgan fingerprint density at radius 3 is 2.35 bits per heavy atom. The van der Waals surface area contributed by atoms with Gasteiger partial charge in [-0.15, -0.1) is 22.7 Å². The number of benzene rings is 1. The smallest absolute Gasteiger partial charge is 0.337 e. The summed E-state index contributed by atoms with van der Waals surface area (Å²) in [7, 11) is 1.31. The van der Waals surface area contributed by atoms with Crippen molar-refractivity contribution in [3.05, 3.63) is 79.7 Å². The van der Waals surface area contributed by atoms with Gasteiger partial charge in [-0.2, -0.15) is 0 Å². The van der Waals surface area contributed by atoms with E-state index in [-0.39, 0.29) is 11.7 Å². The van der Waals surface area contributed by atoms with E-state index in [0.29, 0.717) is 27.4 Å². The predicted molar refractivity (Wildman–Crippen MR) is 101 cm³/mol. The molecule has 0 radical (unpaired) electrons. The lowest BCUT2D eigenvalue weighted by Gasteiger charge is -2.04. The number of hydrogen-bond acceptors (Lipinski definition) is 6. The first-order chi connectivity index (χ1) is 12.6. The summed E-state index contributed by atoms with van der Waals surface area (Å²) in [5, 5.41) is 4.68. The summed E-state index contributed by atoms with van der Waals surface area (Å²) in [6.07, 6.45) is 0. The summed E-state index contributed by atoms with van der Waals surface area (Å²) >= 11 is 2.78. The van der Waals surface area contributed by atoms with Crippen molar-refractivity contribution >= 4 is 40.3 Å². The maximum Gasteiger partial charge on any atom is 0.337 e. The highest BCUT2D eigenvalue weighted by molar-refractivity contribution is 7.16. The fraction of sp³-hybridized carbons (Fsp3) is 0.105. The number of carbonyl (C=O) groups is 3. The maximum atomic E-state index is 12.3. The minimum absolute atomic E-state index is 0.000903. The van der Waals surface area contributed by atoms with E-state index in [4.69, 9.17) is 0 Å². The van der Waals surface area contributed by atoms with Gasteiger partial charge in [0, 0.05) is 10.4 Å². The lowest BCUT2D eigenvalue weighted by molar-refractivity contribution is 0.0600. The second kappa shape index (κ2) is 8.07. The van der Waals surface area contributed by atoms with Crippen molar-refractivity contribution in [3.8, 4) is 0 Å². The van der Waals surface area contributed by atoms with Gasteiger partial charge in [0.15, 0.2) is 0 Å². The van der Waals surface area contributed by atoms with Gasteiger partial charge in [0.05, 0.1) is 29.0 Å². The lowest BCUT2D eigenvalue weighted by atomic mass is 10.1. The Balaban J connectivity index is 1.60. The molecule has 0 aliphatic rings. The van der Waals surface area contributed by atoms with Gasteiger partial charge in [-0.3, -0.25) is 9.59 Å². The molecule has 0 unspecified atom stereocenters. The van der Waals surface area contributed by atoms with Crippen LogP contribution in [0.3, 0.4) is 0 Å². The first-order valence-electron chi connectivity index (χ1n) is 7.72. The fourth-order valence-electron chi connectivity index (χ4n) is 2.27. The number of nitrogens with one attached hydrogen (secondary N) is 1. The van der Waals surface area contributed by atoms with Crippen LogP contribution in [0.4, 0.5) is 0 Å². The molecule has 0 bridgehead atoms. The molecular formula is C19H15NO4S2. The molecule has 1 N–H and O–H groups in total. The summed E-state index contributed by atoms with van der Waals surface area (Å²) in [5.41, 5.74) is 0.836. The van der Waals surface area contributed by atoms with Crippen LogP contribution >= 0.6 is 22.7 Å². The molecule has 0 fully saturated rings. The molecule has 2 aromatic heterocycles. The average Bonchev–Trinajstić information content (AvgIpc) is 3.37. The van der Waals surface area contributed by atoms with Crippen LogP contribution in [-0.4, -0.2) is 24.8 Å². The van der Waals surface area contributed by atoms with Crippen molar-refractivity contribution in [2.45, 2.75) is 6.54 Å². The number of esters is 1. The van der Waals surface area contributed by atoms with E-state index in [1.165, 1.54) is 29.8 Å². The van der Waals surface area contributed by atoms with E-state index < -0.39 is 5.97 Å². The van der Waals surface area contributed by atoms with E-state index in [0.717, 1.165) is 4.88 Å². The maximum absolute atomic E-state index is 12.3. The van der Waals surface area contributed by atoms with Gasteiger partial charge in [-0.1, -0.05) is 6.07 Å². The standard InChI is InChI=1S/C19H15NO4S2/c1-24-19(23)13-6-4-12(5-7-13)18(22)20-11-14-8-9-16(26-14)17(21)15-3-2-10-25-15/h2-10H,11H2,1H3,(H,20,22). The molecule has 1 amide bonds. The van der Waals surface area contributed by atoms with Crippen LogP contribution in [-0.2, 0) is 11.3 Å². The van der Waals surface area contributed by atoms with Gasteiger partial charge in [-0.05, 0) is 47.8 Å². The van der Waals surface area contributed by atoms with Crippen LogP contribution in [0.5, 0.6) is 0 Å². The minimum Gasteiger partial charge on any atom is -0.465 e. The molecule has 2 heterocycles. The van der Waals surface area contributed by atoms with Gasteiger partial charge in [0.1, 0.15) is 0 Å². The van der Waals surface area contributed by atoms with Gasteiger partial charge >= 0.3 is 5.97 Å². The van der Waals surface area contributed by atoms with Gasteiger partial charge in [0.2, 0.25) is 5.78 Å². The van der Waals surface area contributed by atoms with Gasteiger partial charge in [-0.25, -0.2) is 4.79 Å². The van der Waals surface area contributed by atoms with E-state index in [1.807, 2.05) is 17.5 Å². The Kier molecular flexibility index (Phi) is 5.60. The normalized spacial score (nSPS) is 10.3. The highest BCUT2D eigenvalue weighted by Crippen LogP contribution is 2.22. The topological polar surface area (TPSA) is 72.5 Å². The third-order valence-electron chi connectivity index (χ3n) is 3.62. The zero-order valence-electron chi connectivity index (χ0n) is 13.9. The molecule has 26 heavy (non-hydrogen) atoms. The van der Waals surface area contributed by atoms with E-state index in [9.17, 15) is 14.4 Å². The second-order valence-electron chi connectivity index (χ2n) is 5.32. The van der Waals surface area contributed by atoms with Crippen molar-refractivity contribution in [1.29, 1.82) is 0 Å². The van der Waals surface area contributed by atoms with Crippen molar-refractivity contribution < 1.29 is 19.1 Å². The van der Waals surface area contributed by atoms with Crippen molar-refractivity contribution in [3.63, 3.8) is 0 Å². The highest BCUT2D eigenvalue weighted by Gasteiger charge is 2.14. The molecule has 0 atom stereocenters. The predicted octanol–water partition coefficient (Wildman–Crippen LogP) is 3.76. The van der Waals surface area contributed by atoms with Gasteiger partial charge in [0.25, 0.3) is 5.91 Å². The van der Waals surface area contributed by atoms with Crippen LogP contribution in [0, 0.1) is 0 Å². The Labute approximate surface area is 158 Å². The van der Waals surface area contributed by atoms with Crippen LogP contribution in [0.15, 0.2) is 53.9 Å². The van der Waals surface area contributed by atoms with Crippen LogP contribution < -0.4 is 5.32 Å². The molecule has 3 aromatic rings. The number of carbonyl (C=O) groups excluding carboxylic acids is 3. The number of thiophene rings is 2. The first-order valence-corrected chi connectivity index (χ1v) is 9.41. The van der Waals surface area contributed by atoms with E-state index in [1.54, 1.807) is 36.4 Å². The third kappa shape index (κ3) is 4.07. The van der Waals surface area contributed by atoms with Crippen LogP contribution in [0.2, 0.25) is 0 Å². The van der Waals surface area contributed by atoms with Crippen LogP contribution in [0.25, 0.3) is 0 Å². The highest BCUT2D eigenvalue weighted by atomic mass is 32.1. The zero-order valence-corrected chi connectivity index (χ0v) is 15.5. The number of ketones is 1. The molecule has 0 saturated carbocycles. The largest absolute Gasteiger partial charge is 0.465 e. The third-order valence-corrected chi connectivity index (χ3v) is 5.57. The number of ether oxygens (including phenoxy) is 1. The molecular weight excluding hydrogens is 370 g/mol. The number of hydrogen-bond donors (Lipinski definition) is 1. The SMILES string of the molecule is COC(=O)c1ccc(C(=O)NCc2ccc(C(=O)c3cccs3)s2)cc1. The van der Waals surface area contributed by atoms with E-state index >= 15 is 0 Å². The number of rotatable bonds is 6. The summed E-state index contributed by atoms with van der Waals surface area (Å²) in [6, 6.07) is 13.5. The van der Waals surface area contributed by atoms with Crippen molar-refractivity contribution in [1.82, 2.24) is 5.32 Å². The Morgan fingerprint density at radius 2 is 1.69 bits per heavy atom. The molecule has 0 aliphatic carbocycles. The molecule has 0 saturated heterocycles. The van der Waals surface area contributed by atoms with Gasteiger partial charge < -0.3 is 10.1 Å². The molecule has 0 spiro atoms. The summed E-state index contributed by atoms with van der Waals surface area (Å²) in [5.74, 6) is -0.694. The Morgan fingerprint density at radius 1 is 0.962 bits per heavy atom. The van der Waals surface area contributed by atoms with Crippen molar-refractivity contribution in [2.24, 2.45) is 0 Å². The average molecular weight is 385 g/mol. The summed E-state index contributed by atoms with van der Waals surface area (Å²) < 4.78 is 4.63. The Hall–Kier alpha value is -2.77. The minimum atomic E-state index is -0.446. The Bertz CT molecular complexity index is 927. The fourth-order valence-corrected chi connectivity index (χ4v) is 3.91. The molecule has 5 nitrogen and oxygen atoms in total. The summed E-state index contributed by atoms with van der Waals surface area (Å²) in [6.45, 7) is 0.333. The van der Waals surface area contributed by atoms with E-state index in [2.05, 4.69) is 10.1 Å². The number of amides is 1. The molecule has 0 aliphatic heterocycles. The molecule has 7 heteroatoms. The summed E-state index contributed by atoms with van der Waals surface area (Å²) in [4.78, 5) is 38.1. The number of methoxy groups -OCH3 is 1. The van der Waals surface area contributed by atoms with Crippen molar-refractivity contribution in [2.75, 3.05) is 7.11 Å². The molecule has 3 rings (SSSR count). The first kappa shape index (κ1) is 18.0.